The fraction of sp³-hybridized carbons (Fsp3) is 0.211. The number of benzene rings is 2. The molecule has 2 heterocycles. The minimum absolute atomic E-state index is 0.0924. The Morgan fingerprint density at radius 2 is 2.12 bits per heavy atom. The third-order valence-electron chi connectivity index (χ3n) is 4.56. The van der Waals surface area contributed by atoms with Crippen LogP contribution in [-0.2, 0) is 11.8 Å². The van der Waals surface area contributed by atoms with Gasteiger partial charge in [0.15, 0.2) is 11.5 Å². The number of carboxylic acid groups (broad SMARTS) is 1. The highest BCUT2D eigenvalue weighted by Crippen LogP contribution is 2.45. The van der Waals surface area contributed by atoms with Gasteiger partial charge in [0.05, 0.1) is 7.11 Å². The van der Waals surface area contributed by atoms with Gasteiger partial charge in [-0.1, -0.05) is 22.0 Å². The topological polar surface area (TPSA) is 69.9 Å². The van der Waals surface area contributed by atoms with Gasteiger partial charge in [-0.25, -0.2) is 0 Å². The summed E-state index contributed by atoms with van der Waals surface area (Å²) < 4.78 is 19.1. The van der Waals surface area contributed by atoms with Gasteiger partial charge in [0.2, 0.25) is 12.5 Å². The fourth-order valence-electron chi connectivity index (χ4n) is 3.39. The lowest BCUT2D eigenvalue weighted by molar-refractivity contribution is -0.137. The Kier molecular flexibility index (Phi) is 4.03. The molecule has 0 saturated carbocycles. The number of ether oxygens (including phenoxy) is 3. The summed E-state index contributed by atoms with van der Waals surface area (Å²) in [5, 5.41) is 10.9. The Morgan fingerprint density at radius 1 is 1.31 bits per heavy atom. The van der Waals surface area contributed by atoms with Crippen LogP contribution in [0.1, 0.15) is 17.0 Å². The average molecular weight is 418 g/mol. The van der Waals surface area contributed by atoms with E-state index in [9.17, 15) is 9.90 Å². The van der Waals surface area contributed by atoms with E-state index in [1.165, 1.54) is 7.11 Å². The number of rotatable bonds is 4. The summed E-state index contributed by atoms with van der Waals surface area (Å²) in [6, 6.07) is 9.21. The quantitative estimate of drug-likeness (QED) is 0.696. The first kappa shape index (κ1) is 16.8. The molecule has 2 aromatic carbocycles. The number of methoxy groups -OCH3 is 1. The highest BCUT2D eigenvalue weighted by molar-refractivity contribution is 9.10. The molecule has 1 aromatic heterocycles. The number of hydrogen-bond acceptors (Lipinski definition) is 4. The molecule has 7 heteroatoms. The standard InChI is InChI=1S/C19H16BrNO5/c1-21-8-13(12-4-3-11(20)7-14(12)21)17(19(22)23)10-5-15(24-2)18-16(6-10)25-9-26-18/h3-8,17H,9H2,1-2H3,(H,22,23). The van der Waals surface area contributed by atoms with Crippen molar-refractivity contribution in [2.45, 2.75) is 5.92 Å². The highest BCUT2D eigenvalue weighted by Gasteiger charge is 2.30. The lowest BCUT2D eigenvalue weighted by Gasteiger charge is -2.15. The van der Waals surface area contributed by atoms with E-state index < -0.39 is 11.9 Å². The summed E-state index contributed by atoms with van der Waals surface area (Å²) in [6.07, 6.45) is 1.85. The van der Waals surface area contributed by atoms with Gasteiger partial charge in [-0.15, -0.1) is 0 Å². The average Bonchev–Trinajstić information content (AvgIpc) is 3.19. The Hall–Kier alpha value is -2.67. The lowest BCUT2D eigenvalue weighted by atomic mass is 9.90. The molecule has 0 saturated heterocycles. The van der Waals surface area contributed by atoms with E-state index in [1.807, 2.05) is 36.0 Å². The molecule has 1 aliphatic rings. The monoisotopic (exact) mass is 417 g/mol. The van der Waals surface area contributed by atoms with Crippen LogP contribution in [0.5, 0.6) is 17.2 Å². The van der Waals surface area contributed by atoms with E-state index in [4.69, 9.17) is 14.2 Å². The third kappa shape index (κ3) is 2.59. The molecule has 1 aliphatic heterocycles. The highest BCUT2D eigenvalue weighted by atomic mass is 79.9. The van der Waals surface area contributed by atoms with Crippen molar-refractivity contribution in [1.82, 2.24) is 4.57 Å². The SMILES string of the molecule is COc1cc(C(C(=O)O)c2cn(C)c3cc(Br)ccc23)cc2c1OCO2. The molecule has 4 rings (SSSR count). The van der Waals surface area contributed by atoms with Gasteiger partial charge in [0.1, 0.15) is 5.92 Å². The Bertz CT molecular complexity index is 1030. The number of halogens is 1. The van der Waals surface area contributed by atoms with E-state index in [-0.39, 0.29) is 6.79 Å². The van der Waals surface area contributed by atoms with Crippen LogP contribution in [0.25, 0.3) is 10.9 Å². The molecule has 26 heavy (non-hydrogen) atoms. The lowest BCUT2D eigenvalue weighted by Crippen LogP contribution is -2.13. The number of hydrogen-bond donors (Lipinski definition) is 1. The van der Waals surface area contributed by atoms with Crippen molar-refractivity contribution in [2.75, 3.05) is 13.9 Å². The Labute approximate surface area is 158 Å². The molecule has 6 nitrogen and oxygen atoms in total. The van der Waals surface area contributed by atoms with Crippen LogP contribution < -0.4 is 14.2 Å². The summed E-state index contributed by atoms with van der Waals surface area (Å²) in [5.41, 5.74) is 2.24. The van der Waals surface area contributed by atoms with Crippen molar-refractivity contribution < 1.29 is 24.1 Å². The first-order chi connectivity index (χ1) is 12.5. The van der Waals surface area contributed by atoms with E-state index in [2.05, 4.69) is 15.9 Å². The Balaban J connectivity index is 1.92. The normalized spacial score (nSPS) is 13.8. The zero-order valence-corrected chi connectivity index (χ0v) is 15.7. The van der Waals surface area contributed by atoms with Gasteiger partial charge < -0.3 is 23.9 Å². The molecule has 0 fully saturated rings. The molecule has 1 N–H and O–H groups in total. The van der Waals surface area contributed by atoms with Gasteiger partial charge in [0.25, 0.3) is 0 Å². The van der Waals surface area contributed by atoms with Crippen LogP contribution >= 0.6 is 15.9 Å². The summed E-state index contributed by atoms with van der Waals surface area (Å²) >= 11 is 3.46. The van der Waals surface area contributed by atoms with E-state index in [0.717, 1.165) is 15.4 Å². The Morgan fingerprint density at radius 3 is 2.85 bits per heavy atom. The molecule has 1 atom stereocenters. The summed E-state index contributed by atoms with van der Waals surface area (Å²) in [5.74, 6) is -0.343. The minimum atomic E-state index is -0.943. The fourth-order valence-corrected chi connectivity index (χ4v) is 3.74. The maximum atomic E-state index is 12.2. The summed E-state index contributed by atoms with van der Waals surface area (Å²) in [7, 11) is 3.42. The molecular formula is C19H16BrNO5. The predicted molar refractivity (Wildman–Crippen MR) is 99.2 cm³/mol. The van der Waals surface area contributed by atoms with Crippen LogP contribution in [0.2, 0.25) is 0 Å². The maximum absolute atomic E-state index is 12.2. The molecule has 0 aliphatic carbocycles. The van der Waals surface area contributed by atoms with Crippen LogP contribution in [0, 0.1) is 0 Å². The van der Waals surface area contributed by atoms with Crippen molar-refractivity contribution >= 4 is 32.8 Å². The zero-order chi connectivity index (χ0) is 18.4. The van der Waals surface area contributed by atoms with Crippen LogP contribution in [0.3, 0.4) is 0 Å². The molecule has 3 aromatic rings. The second-order valence-electron chi connectivity index (χ2n) is 6.09. The van der Waals surface area contributed by atoms with Gasteiger partial charge in [-0.05, 0) is 35.4 Å². The van der Waals surface area contributed by atoms with Crippen molar-refractivity contribution in [2.24, 2.45) is 7.05 Å². The molecule has 134 valence electrons. The van der Waals surface area contributed by atoms with Crippen LogP contribution in [0.4, 0.5) is 0 Å². The number of carboxylic acids is 1. The minimum Gasteiger partial charge on any atom is -0.493 e. The number of nitrogens with zero attached hydrogens (tertiary/aromatic N) is 1. The van der Waals surface area contributed by atoms with Gasteiger partial charge in [-0.2, -0.15) is 0 Å². The van der Waals surface area contributed by atoms with Crippen molar-refractivity contribution in [3.05, 3.63) is 52.1 Å². The van der Waals surface area contributed by atoms with E-state index >= 15 is 0 Å². The van der Waals surface area contributed by atoms with Gasteiger partial charge in [-0.3, -0.25) is 4.79 Å². The second kappa shape index (κ2) is 6.25. The molecular weight excluding hydrogens is 402 g/mol. The van der Waals surface area contributed by atoms with Crippen LogP contribution in [-0.4, -0.2) is 29.5 Å². The largest absolute Gasteiger partial charge is 0.493 e. The van der Waals surface area contributed by atoms with Crippen molar-refractivity contribution in [3.8, 4) is 17.2 Å². The molecule has 0 amide bonds. The first-order valence-corrected chi connectivity index (χ1v) is 8.73. The summed E-state index contributed by atoms with van der Waals surface area (Å²) in [4.78, 5) is 12.2. The number of fused-ring (bicyclic) bond motifs is 2. The van der Waals surface area contributed by atoms with E-state index in [1.54, 1.807) is 12.1 Å². The number of carbonyl (C=O) groups is 1. The van der Waals surface area contributed by atoms with Crippen molar-refractivity contribution in [1.29, 1.82) is 0 Å². The smallest absolute Gasteiger partial charge is 0.315 e. The molecule has 0 spiro atoms. The third-order valence-corrected chi connectivity index (χ3v) is 5.05. The van der Waals surface area contributed by atoms with Crippen molar-refractivity contribution in [3.63, 3.8) is 0 Å². The number of aryl methyl sites for hydroxylation is 1. The zero-order valence-electron chi connectivity index (χ0n) is 14.2. The number of aliphatic carboxylic acids is 1. The predicted octanol–water partition coefficient (Wildman–Crippen LogP) is 3.89. The number of aromatic nitrogens is 1. The molecule has 0 bridgehead atoms. The van der Waals surface area contributed by atoms with Gasteiger partial charge >= 0.3 is 5.97 Å². The van der Waals surface area contributed by atoms with Gasteiger partial charge in [0, 0.05) is 28.6 Å². The summed E-state index contributed by atoms with van der Waals surface area (Å²) in [6.45, 7) is 0.0924. The second-order valence-corrected chi connectivity index (χ2v) is 7.00. The first-order valence-electron chi connectivity index (χ1n) is 7.94. The molecule has 1 unspecified atom stereocenters. The maximum Gasteiger partial charge on any atom is 0.315 e. The molecule has 0 radical (unpaired) electrons. The van der Waals surface area contributed by atoms with E-state index in [0.29, 0.717) is 28.4 Å². The van der Waals surface area contributed by atoms with Crippen LogP contribution in [0.15, 0.2) is 41.0 Å².